The molecule has 29 heavy (non-hydrogen) atoms. The van der Waals surface area contributed by atoms with Gasteiger partial charge in [0.2, 0.25) is 11.2 Å². The summed E-state index contributed by atoms with van der Waals surface area (Å²) in [4.78, 5) is 2.30. The average Bonchev–Trinajstić information content (AvgIpc) is 2.91. The Morgan fingerprint density at radius 3 is 2.62 bits per heavy atom. The Bertz CT molecular complexity index is 1120. The van der Waals surface area contributed by atoms with E-state index in [0.717, 1.165) is 11.4 Å². The molecule has 0 radical (unpaired) electrons. The Balaban J connectivity index is 1.65. The zero-order valence-electron chi connectivity index (χ0n) is 17.9. The topological polar surface area (TPSA) is 16.4 Å². The lowest BCUT2D eigenvalue weighted by Gasteiger charge is -2.23. The Morgan fingerprint density at radius 2 is 1.86 bits per heavy atom. The van der Waals surface area contributed by atoms with Gasteiger partial charge in [0.25, 0.3) is 0 Å². The number of hydrogen-bond acceptors (Lipinski definition) is 2. The summed E-state index contributed by atoms with van der Waals surface area (Å²) in [6.07, 6.45) is 6.58. The maximum absolute atomic E-state index is 5.63. The molecule has 4 rings (SSSR count). The highest BCUT2D eigenvalue weighted by atomic mass is 16.5. The van der Waals surface area contributed by atoms with Crippen molar-refractivity contribution in [3.8, 4) is 5.75 Å². The highest BCUT2D eigenvalue weighted by Crippen LogP contribution is 2.46. The van der Waals surface area contributed by atoms with Crippen molar-refractivity contribution >= 4 is 22.7 Å². The van der Waals surface area contributed by atoms with Crippen LogP contribution >= 0.6 is 0 Å². The van der Waals surface area contributed by atoms with Crippen molar-refractivity contribution < 1.29 is 9.30 Å². The summed E-state index contributed by atoms with van der Waals surface area (Å²) in [5.74, 6) is 0.916. The van der Waals surface area contributed by atoms with Gasteiger partial charge in [0.05, 0.1) is 12.0 Å². The molecule has 1 aliphatic heterocycles. The number of rotatable bonds is 4. The number of hydrogen-bond donors (Lipinski definition) is 0. The second kappa shape index (κ2) is 7.40. The summed E-state index contributed by atoms with van der Waals surface area (Å²) in [5.41, 5.74) is 6.32. The second-order valence-corrected chi connectivity index (χ2v) is 8.08. The molecule has 0 atom stereocenters. The molecule has 3 aromatic rings. The molecule has 0 unspecified atom stereocenters. The highest BCUT2D eigenvalue weighted by molar-refractivity contribution is 5.78. The molecule has 3 nitrogen and oxygen atoms in total. The van der Waals surface area contributed by atoms with E-state index in [1.807, 2.05) is 13.0 Å². The van der Waals surface area contributed by atoms with Crippen LogP contribution in [0.15, 0.2) is 72.4 Å². The molecule has 0 amide bonds. The van der Waals surface area contributed by atoms with Gasteiger partial charge in [0, 0.05) is 42.1 Å². The largest absolute Gasteiger partial charge is 0.494 e. The summed E-state index contributed by atoms with van der Waals surface area (Å²) < 4.78 is 7.85. The fraction of sp³-hybridized carbons (Fsp3) is 0.269. The van der Waals surface area contributed by atoms with Gasteiger partial charge in [0.15, 0.2) is 0 Å². The van der Waals surface area contributed by atoms with Crippen LogP contribution in [-0.4, -0.2) is 13.7 Å². The van der Waals surface area contributed by atoms with Gasteiger partial charge < -0.3 is 9.64 Å². The van der Waals surface area contributed by atoms with E-state index in [4.69, 9.17) is 4.74 Å². The van der Waals surface area contributed by atoms with E-state index in [1.165, 1.54) is 27.9 Å². The fourth-order valence-electron chi connectivity index (χ4n) is 4.36. The van der Waals surface area contributed by atoms with Crippen LogP contribution in [0.4, 0.5) is 5.69 Å². The van der Waals surface area contributed by atoms with Crippen LogP contribution in [0.2, 0.25) is 0 Å². The van der Waals surface area contributed by atoms with Crippen LogP contribution < -0.4 is 14.2 Å². The minimum atomic E-state index is -0.00304. The number of nitrogens with zero attached hydrogens (tertiary/aromatic N) is 2. The van der Waals surface area contributed by atoms with E-state index in [2.05, 4.69) is 104 Å². The zero-order valence-corrected chi connectivity index (χ0v) is 17.9. The minimum absolute atomic E-state index is 0.00304. The number of para-hydroxylation sites is 1. The average molecular weight is 386 g/mol. The van der Waals surface area contributed by atoms with Crippen LogP contribution in [-0.2, 0) is 12.5 Å². The lowest BCUT2D eigenvalue weighted by molar-refractivity contribution is -0.646. The molecule has 0 bridgehead atoms. The molecule has 1 aliphatic rings. The van der Waals surface area contributed by atoms with E-state index in [9.17, 15) is 0 Å². The lowest BCUT2D eigenvalue weighted by Crippen LogP contribution is -2.32. The lowest BCUT2D eigenvalue weighted by atomic mass is 9.84. The first kappa shape index (κ1) is 19.3. The predicted octanol–water partition coefficient (Wildman–Crippen LogP) is 5.39. The van der Waals surface area contributed by atoms with Crippen molar-refractivity contribution in [1.29, 1.82) is 0 Å². The predicted molar refractivity (Wildman–Crippen MR) is 121 cm³/mol. The number of aryl methyl sites for hydroxylation is 1. The molecule has 0 fully saturated rings. The van der Waals surface area contributed by atoms with Crippen molar-refractivity contribution in [3.05, 3.63) is 83.7 Å². The first-order chi connectivity index (χ1) is 13.9. The third kappa shape index (κ3) is 3.31. The van der Waals surface area contributed by atoms with E-state index in [-0.39, 0.29) is 5.41 Å². The van der Waals surface area contributed by atoms with Gasteiger partial charge in [-0.25, -0.2) is 0 Å². The molecule has 3 heteroatoms. The molecule has 0 N–H and O–H groups in total. The third-order valence-electron chi connectivity index (χ3n) is 5.95. The van der Waals surface area contributed by atoms with Gasteiger partial charge in [-0.15, -0.1) is 0 Å². The first-order valence-electron chi connectivity index (χ1n) is 10.2. The SMILES string of the molecule is CCOc1ccc2c(ccc(C=CC=C3N(C)c4ccccc4C3(C)C)[n+]2C)c1. The molecule has 0 saturated heterocycles. The summed E-state index contributed by atoms with van der Waals surface area (Å²) in [5, 5.41) is 1.18. The Morgan fingerprint density at radius 1 is 1.07 bits per heavy atom. The maximum atomic E-state index is 5.63. The van der Waals surface area contributed by atoms with Gasteiger partial charge in [-0.3, -0.25) is 0 Å². The van der Waals surface area contributed by atoms with Crippen LogP contribution in [0.5, 0.6) is 5.75 Å². The third-order valence-corrected chi connectivity index (χ3v) is 5.95. The van der Waals surface area contributed by atoms with E-state index < -0.39 is 0 Å². The fourth-order valence-corrected chi connectivity index (χ4v) is 4.36. The number of allylic oxidation sites excluding steroid dienone is 3. The summed E-state index contributed by atoms with van der Waals surface area (Å²) in [6.45, 7) is 7.28. The standard InChI is InChI=1S/C26H29N2O/c1-6-29-21-16-17-23-19(18-21)14-15-20(27(23)4)10-9-13-25-26(2,3)22-11-7-8-12-24(22)28(25)5/h7-18H,6H2,1-5H3/q+1. The van der Waals surface area contributed by atoms with Crippen LogP contribution in [0.25, 0.3) is 17.0 Å². The number of aromatic nitrogens is 1. The zero-order chi connectivity index (χ0) is 20.6. The molecule has 2 heterocycles. The van der Waals surface area contributed by atoms with Crippen LogP contribution in [0.1, 0.15) is 32.0 Å². The molecule has 0 saturated carbocycles. The second-order valence-electron chi connectivity index (χ2n) is 8.08. The van der Waals surface area contributed by atoms with Gasteiger partial charge in [-0.2, -0.15) is 4.57 Å². The number of likely N-dealkylation sites (N-methyl/N-ethyl adjacent to an activating group) is 1. The highest BCUT2D eigenvalue weighted by Gasteiger charge is 2.37. The van der Waals surface area contributed by atoms with Crippen molar-refractivity contribution in [2.75, 3.05) is 18.6 Å². The van der Waals surface area contributed by atoms with Gasteiger partial charge >= 0.3 is 0 Å². The van der Waals surface area contributed by atoms with Crippen molar-refractivity contribution in [2.45, 2.75) is 26.2 Å². The molecule has 1 aromatic heterocycles. The van der Waals surface area contributed by atoms with Crippen molar-refractivity contribution in [3.63, 3.8) is 0 Å². The summed E-state index contributed by atoms with van der Waals surface area (Å²) in [7, 11) is 4.26. The van der Waals surface area contributed by atoms with Crippen LogP contribution in [0, 0.1) is 0 Å². The van der Waals surface area contributed by atoms with E-state index in [0.29, 0.717) is 6.61 Å². The quantitative estimate of drug-likeness (QED) is 0.560. The first-order valence-corrected chi connectivity index (χ1v) is 10.2. The van der Waals surface area contributed by atoms with Gasteiger partial charge in [-0.1, -0.05) is 38.1 Å². The number of anilines is 1. The molecule has 0 aliphatic carbocycles. The monoisotopic (exact) mass is 385 g/mol. The molecular formula is C26H29N2O+. The summed E-state index contributed by atoms with van der Waals surface area (Å²) >= 11 is 0. The maximum Gasteiger partial charge on any atom is 0.212 e. The number of benzene rings is 2. The Hall–Kier alpha value is -3.07. The van der Waals surface area contributed by atoms with Crippen molar-refractivity contribution in [1.82, 2.24) is 0 Å². The number of pyridine rings is 1. The van der Waals surface area contributed by atoms with Gasteiger partial charge in [0.1, 0.15) is 12.8 Å². The molecule has 2 aromatic carbocycles. The molecule has 148 valence electrons. The number of fused-ring (bicyclic) bond motifs is 2. The smallest absolute Gasteiger partial charge is 0.212 e. The minimum Gasteiger partial charge on any atom is -0.494 e. The summed E-state index contributed by atoms with van der Waals surface area (Å²) in [6, 6.07) is 19.2. The molecular weight excluding hydrogens is 356 g/mol. The van der Waals surface area contributed by atoms with E-state index in [1.54, 1.807) is 0 Å². The Kier molecular flexibility index (Phi) is 4.91. The van der Waals surface area contributed by atoms with Gasteiger partial charge in [-0.05, 0) is 42.8 Å². The van der Waals surface area contributed by atoms with Crippen molar-refractivity contribution in [2.24, 2.45) is 7.05 Å². The van der Waals surface area contributed by atoms with Crippen LogP contribution in [0.3, 0.4) is 0 Å². The normalized spacial score (nSPS) is 16.7. The number of ether oxygens (including phenoxy) is 1. The Labute approximate surface area is 173 Å². The van der Waals surface area contributed by atoms with E-state index >= 15 is 0 Å². The molecule has 0 spiro atoms.